The molecular formula is C28H32ClN5O2. The Hall–Kier alpha value is -3.26. The number of carbonyl (C=O) groups excluding carboxylic acids is 1. The van der Waals surface area contributed by atoms with Gasteiger partial charge in [0.15, 0.2) is 5.78 Å². The average Bonchev–Trinajstić information content (AvgIpc) is 2.89. The predicted molar refractivity (Wildman–Crippen MR) is 145 cm³/mol. The first kappa shape index (κ1) is 25.8. The fraction of sp³-hybridized carbons (Fsp3) is 0.321. The van der Waals surface area contributed by atoms with Gasteiger partial charge >= 0.3 is 0 Å². The molecule has 0 atom stereocenters. The summed E-state index contributed by atoms with van der Waals surface area (Å²) in [6, 6.07) is 15.4. The molecule has 1 N–H and O–H groups in total. The zero-order chi connectivity index (χ0) is 25.3. The van der Waals surface area contributed by atoms with Crippen molar-refractivity contribution >= 4 is 29.0 Å². The number of hydrogen-bond acceptors (Lipinski definition) is 7. The van der Waals surface area contributed by atoms with Crippen LogP contribution in [0.3, 0.4) is 0 Å². The lowest BCUT2D eigenvalue weighted by atomic mass is 10.0. The number of ketones is 1. The Morgan fingerprint density at radius 1 is 1.17 bits per heavy atom. The summed E-state index contributed by atoms with van der Waals surface area (Å²) >= 11 is 6.42. The van der Waals surface area contributed by atoms with Crippen molar-refractivity contribution in [3.05, 3.63) is 78.0 Å². The van der Waals surface area contributed by atoms with Crippen LogP contribution in [0.2, 0.25) is 5.02 Å². The molecule has 1 aromatic heterocycles. The largest absolute Gasteiger partial charge is 0.493 e. The van der Waals surface area contributed by atoms with E-state index in [2.05, 4.69) is 38.7 Å². The van der Waals surface area contributed by atoms with E-state index in [4.69, 9.17) is 16.3 Å². The summed E-state index contributed by atoms with van der Waals surface area (Å²) in [5.41, 5.74) is 3.11. The molecule has 0 saturated carbocycles. The number of nitrogens with one attached hydrogen (secondary N) is 1. The summed E-state index contributed by atoms with van der Waals surface area (Å²) in [6.45, 7) is 9.76. The number of ether oxygens (including phenoxy) is 1. The molecular weight excluding hydrogens is 474 g/mol. The molecule has 2 heterocycles. The van der Waals surface area contributed by atoms with Crippen molar-refractivity contribution in [1.82, 2.24) is 19.8 Å². The molecule has 0 spiro atoms. The lowest BCUT2D eigenvalue weighted by molar-refractivity contribution is -0.114. The number of rotatable bonds is 11. The highest BCUT2D eigenvalue weighted by atomic mass is 35.5. The van der Waals surface area contributed by atoms with Crippen LogP contribution in [0, 0.1) is 0 Å². The highest BCUT2D eigenvalue weighted by molar-refractivity contribution is 6.32. The molecule has 0 aliphatic carbocycles. The van der Waals surface area contributed by atoms with Crippen LogP contribution in [-0.2, 0) is 11.2 Å². The van der Waals surface area contributed by atoms with Crippen LogP contribution in [0.5, 0.6) is 5.75 Å². The molecule has 0 bridgehead atoms. The van der Waals surface area contributed by atoms with Crippen LogP contribution in [0.25, 0.3) is 11.3 Å². The summed E-state index contributed by atoms with van der Waals surface area (Å²) in [6.07, 6.45) is 4.18. The van der Waals surface area contributed by atoms with Gasteiger partial charge in [0.25, 0.3) is 0 Å². The molecule has 8 heteroatoms. The first-order valence-corrected chi connectivity index (χ1v) is 12.6. The van der Waals surface area contributed by atoms with Gasteiger partial charge in [-0.05, 0) is 43.3 Å². The van der Waals surface area contributed by atoms with Crippen molar-refractivity contribution in [1.29, 1.82) is 0 Å². The molecule has 1 fully saturated rings. The molecule has 1 saturated heterocycles. The lowest BCUT2D eigenvalue weighted by Crippen LogP contribution is -2.44. The van der Waals surface area contributed by atoms with Crippen LogP contribution >= 0.6 is 11.6 Å². The maximum Gasteiger partial charge on any atom is 0.227 e. The molecule has 3 aromatic rings. The Morgan fingerprint density at radius 3 is 2.78 bits per heavy atom. The topological polar surface area (TPSA) is 70.6 Å². The SMILES string of the molecule is C=CC(=O)Cc1cccc(-c2nc(Nc3cccc(OCCCN4CCN(C)CC4)c3)ncc2Cl)c1. The molecule has 0 unspecified atom stereocenters. The van der Waals surface area contributed by atoms with E-state index in [1.165, 1.54) is 6.08 Å². The van der Waals surface area contributed by atoms with Crippen molar-refractivity contribution in [3.63, 3.8) is 0 Å². The molecule has 1 aliphatic rings. The zero-order valence-electron chi connectivity index (χ0n) is 20.6. The van der Waals surface area contributed by atoms with Crippen LogP contribution in [-0.4, -0.2) is 71.9 Å². The van der Waals surface area contributed by atoms with Gasteiger partial charge in [0.2, 0.25) is 5.95 Å². The van der Waals surface area contributed by atoms with Gasteiger partial charge in [-0.15, -0.1) is 0 Å². The number of aromatic nitrogens is 2. The number of halogens is 1. The summed E-state index contributed by atoms with van der Waals surface area (Å²) < 4.78 is 5.99. The first-order valence-electron chi connectivity index (χ1n) is 12.2. The van der Waals surface area contributed by atoms with Gasteiger partial charge in [-0.2, -0.15) is 0 Å². The van der Waals surface area contributed by atoms with Gasteiger partial charge in [0.1, 0.15) is 5.75 Å². The lowest BCUT2D eigenvalue weighted by Gasteiger charge is -2.32. The predicted octanol–water partition coefficient (Wildman–Crippen LogP) is 4.85. The van der Waals surface area contributed by atoms with E-state index in [-0.39, 0.29) is 12.2 Å². The standard InChI is InChI=1S/C28H32ClN5O2/c1-3-24(35)18-21-7-4-8-22(17-21)27-26(29)20-30-28(32-27)31-23-9-5-10-25(19-23)36-16-6-11-34-14-12-33(2)13-15-34/h3-5,7-10,17,19-20H,1,6,11-16,18H2,2H3,(H,30,31,32). The summed E-state index contributed by atoms with van der Waals surface area (Å²) in [7, 11) is 2.17. The number of anilines is 2. The molecule has 7 nitrogen and oxygen atoms in total. The Kier molecular flexibility index (Phi) is 9.06. The molecule has 36 heavy (non-hydrogen) atoms. The highest BCUT2D eigenvalue weighted by Gasteiger charge is 2.13. The zero-order valence-corrected chi connectivity index (χ0v) is 21.4. The second kappa shape index (κ2) is 12.6. The molecule has 0 amide bonds. The van der Waals surface area contributed by atoms with Crippen LogP contribution in [0.4, 0.5) is 11.6 Å². The minimum atomic E-state index is -0.0373. The van der Waals surface area contributed by atoms with Crippen LogP contribution < -0.4 is 10.1 Å². The third-order valence-electron chi connectivity index (χ3n) is 6.12. The first-order chi connectivity index (χ1) is 17.5. The van der Waals surface area contributed by atoms with E-state index in [0.29, 0.717) is 23.3 Å². The smallest absolute Gasteiger partial charge is 0.227 e. The maximum atomic E-state index is 11.8. The van der Waals surface area contributed by atoms with Crippen molar-refractivity contribution < 1.29 is 9.53 Å². The highest BCUT2D eigenvalue weighted by Crippen LogP contribution is 2.28. The minimum absolute atomic E-state index is 0.0373. The van der Waals surface area contributed by atoms with Gasteiger partial charge in [-0.25, -0.2) is 9.97 Å². The minimum Gasteiger partial charge on any atom is -0.493 e. The Bertz CT molecular complexity index is 1190. The van der Waals surface area contributed by atoms with Crippen LogP contribution in [0.1, 0.15) is 12.0 Å². The van der Waals surface area contributed by atoms with Crippen molar-refractivity contribution in [2.45, 2.75) is 12.8 Å². The van der Waals surface area contributed by atoms with Gasteiger partial charge in [0, 0.05) is 56.5 Å². The molecule has 2 aromatic carbocycles. The number of carbonyl (C=O) groups is 1. The van der Waals surface area contributed by atoms with Gasteiger partial charge in [-0.3, -0.25) is 4.79 Å². The number of allylic oxidation sites excluding steroid dienone is 1. The van der Waals surface area contributed by atoms with Gasteiger partial charge in [-0.1, -0.05) is 42.4 Å². The van der Waals surface area contributed by atoms with E-state index < -0.39 is 0 Å². The Balaban J connectivity index is 1.37. The fourth-order valence-corrected chi connectivity index (χ4v) is 4.27. The quantitative estimate of drug-likeness (QED) is 0.295. The van der Waals surface area contributed by atoms with Crippen molar-refractivity contribution in [2.24, 2.45) is 0 Å². The third kappa shape index (κ3) is 7.37. The molecule has 4 rings (SSSR count). The summed E-state index contributed by atoms with van der Waals surface area (Å²) in [4.78, 5) is 25.6. The molecule has 1 aliphatic heterocycles. The van der Waals surface area contributed by atoms with E-state index in [1.807, 2.05) is 48.5 Å². The van der Waals surface area contributed by atoms with E-state index in [1.54, 1.807) is 6.20 Å². The number of nitrogens with zero attached hydrogens (tertiary/aromatic N) is 4. The normalized spacial score (nSPS) is 14.4. The van der Waals surface area contributed by atoms with Gasteiger partial charge in [0.05, 0.1) is 23.5 Å². The third-order valence-corrected chi connectivity index (χ3v) is 6.40. The van der Waals surface area contributed by atoms with E-state index in [9.17, 15) is 4.79 Å². The molecule has 188 valence electrons. The second-order valence-corrected chi connectivity index (χ2v) is 9.34. The average molecular weight is 506 g/mol. The number of piperazine rings is 1. The van der Waals surface area contributed by atoms with Crippen LogP contribution in [0.15, 0.2) is 67.4 Å². The maximum absolute atomic E-state index is 11.8. The summed E-state index contributed by atoms with van der Waals surface area (Å²) in [5.74, 6) is 1.19. The van der Waals surface area contributed by atoms with E-state index >= 15 is 0 Å². The van der Waals surface area contributed by atoms with E-state index in [0.717, 1.165) is 61.7 Å². The van der Waals surface area contributed by atoms with Crippen molar-refractivity contribution in [3.8, 4) is 17.0 Å². The Labute approximate surface area is 217 Å². The summed E-state index contributed by atoms with van der Waals surface area (Å²) in [5, 5.41) is 3.68. The second-order valence-electron chi connectivity index (χ2n) is 8.94. The number of benzene rings is 2. The molecule has 0 radical (unpaired) electrons. The number of hydrogen-bond donors (Lipinski definition) is 1. The number of likely N-dealkylation sites (N-methyl/N-ethyl adjacent to an activating group) is 1. The van der Waals surface area contributed by atoms with Gasteiger partial charge < -0.3 is 19.9 Å². The monoisotopic (exact) mass is 505 g/mol. The Morgan fingerprint density at radius 2 is 1.97 bits per heavy atom. The fourth-order valence-electron chi connectivity index (χ4n) is 4.07. The van der Waals surface area contributed by atoms with Crippen molar-refractivity contribution in [2.75, 3.05) is 51.7 Å².